The Labute approximate surface area is 339 Å². The molecule has 9 aromatic carbocycles. The first-order valence-electron chi connectivity index (χ1n) is 19.7. The second-order valence-electron chi connectivity index (χ2n) is 14.9. The summed E-state index contributed by atoms with van der Waals surface area (Å²) in [4.78, 5) is 2.39. The van der Waals surface area contributed by atoms with Crippen LogP contribution in [0.3, 0.4) is 0 Å². The third-order valence-electron chi connectivity index (χ3n) is 11.6. The molecule has 2 aromatic heterocycles. The Morgan fingerprint density at radius 3 is 1.90 bits per heavy atom. The van der Waals surface area contributed by atoms with Crippen molar-refractivity contribution in [1.29, 1.82) is 0 Å². The molecule has 0 saturated heterocycles. The second-order valence-corrected chi connectivity index (χ2v) is 15.9. The fraction of sp³-hybridized carbons (Fsp3) is 0. The van der Waals surface area contributed by atoms with Gasteiger partial charge in [-0.05, 0) is 94.5 Å². The Hall–Kier alpha value is -7.40. The van der Waals surface area contributed by atoms with Gasteiger partial charge in [-0.3, -0.25) is 0 Å². The second kappa shape index (κ2) is 13.1. The maximum Gasteiger partial charge on any atom is 0.152 e. The molecule has 11 aromatic rings. The molecule has 0 bridgehead atoms. The molecule has 0 spiro atoms. The van der Waals surface area contributed by atoms with Crippen molar-refractivity contribution in [2.24, 2.45) is 0 Å². The highest BCUT2D eigenvalue weighted by molar-refractivity contribution is 7.26. The monoisotopic (exact) mass is 758 g/mol. The number of benzene rings is 9. The first-order chi connectivity index (χ1) is 28.8. The maximum atomic E-state index is 6.37. The minimum Gasteiger partial charge on any atom is -0.453 e. The summed E-state index contributed by atoms with van der Waals surface area (Å²) in [5.74, 6) is 1.76. The van der Waals surface area contributed by atoms with Crippen molar-refractivity contribution in [1.82, 2.24) is 4.57 Å². The average Bonchev–Trinajstić information content (AvgIpc) is 3.84. The molecule has 0 fully saturated rings. The van der Waals surface area contributed by atoms with Gasteiger partial charge in [0.1, 0.15) is 0 Å². The van der Waals surface area contributed by atoms with E-state index in [-0.39, 0.29) is 0 Å². The van der Waals surface area contributed by atoms with Gasteiger partial charge in [0.2, 0.25) is 0 Å². The third kappa shape index (κ3) is 5.12. The first kappa shape index (κ1) is 32.8. The van der Waals surface area contributed by atoms with Gasteiger partial charge >= 0.3 is 0 Å². The Morgan fingerprint density at radius 2 is 1.03 bits per heavy atom. The molecule has 0 N–H and O–H groups in total. The van der Waals surface area contributed by atoms with Crippen molar-refractivity contribution in [3.63, 3.8) is 0 Å². The predicted octanol–water partition coefficient (Wildman–Crippen LogP) is 15.7. The van der Waals surface area contributed by atoms with Gasteiger partial charge in [0, 0.05) is 47.9 Å². The van der Waals surface area contributed by atoms with Gasteiger partial charge in [-0.25, -0.2) is 0 Å². The summed E-state index contributed by atoms with van der Waals surface area (Å²) < 4.78 is 11.4. The number of rotatable bonds is 6. The zero-order valence-corrected chi connectivity index (χ0v) is 32.2. The first-order valence-corrected chi connectivity index (χ1v) is 20.5. The third-order valence-corrected chi connectivity index (χ3v) is 12.8. The van der Waals surface area contributed by atoms with E-state index < -0.39 is 0 Å². The number of hydrogen-bond acceptors (Lipinski definition) is 3. The average molecular weight is 759 g/mol. The highest BCUT2D eigenvalue weighted by atomic mass is 32.1. The van der Waals surface area contributed by atoms with E-state index in [1.165, 1.54) is 64.3 Å². The molecule has 12 rings (SSSR count). The molecule has 58 heavy (non-hydrogen) atoms. The molecule has 0 amide bonds. The molecule has 1 aliphatic rings. The minimum absolute atomic E-state index is 0.876. The van der Waals surface area contributed by atoms with E-state index in [1.807, 2.05) is 23.5 Å². The van der Waals surface area contributed by atoms with Crippen molar-refractivity contribution >= 4 is 70.4 Å². The Kier molecular flexibility index (Phi) is 7.40. The molecule has 0 radical (unpaired) electrons. The van der Waals surface area contributed by atoms with Gasteiger partial charge < -0.3 is 14.2 Å². The minimum atomic E-state index is 0.876. The highest BCUT2D eigenvalue weighted by Gasteiger charge is 2.24. The summed E-state index contributed by atoms with van der Waals surface area (Å²) >= 11 is 1.87. The van der Waals surface area contributed by atoms with Crippen LogP contribution in [0.15, 0.2) is 206 Å². The molecule has 0 atom stereocenters. The SMILES string of the molecule is c1ccc(-c2ccccc2N(c2ccc(-c3ccc4c(c3)c3cccc5c3n4-c3ccccc3O5)cc2)c2ccc(-c3cccc4c3sc3ccccc34)cc2)cc1. The Bertz CT molecular complexity index is 3360. The summed E-state index contributed by atoms with van der Waals surface area (Å²) in [6.07, 6.45) is 0. The fourth-order valence-corrected chi connectivity index (χ4v) is 10.2. The van der Waals surface area contributed by atoms with Crippen LogP contribution in [0.2, 0.25) is 0 Å². The van der Waals surface area contributed by atoms with Gasteiger partial charge in [-0.1, -0.05) is 140 Å². The number of para-hydroxylation sites is 4. The molecule has 0 aliphatic carbocycles. The van der Waals surface area contributed by atoms with E-state index in [0.717, 1.165) is 45.3 Å². The molecule has 1 aliphatic heterocycles. The van der Waals surface area contributed by atoms with Gasteiger partial charge in [-0.15, -0.1) is 11.3 Å². The van der Waals surface area contributed by atoms with Crippen LogP contribution >= 0.6 is 11.3 Å². The summed E-state index contributed by atoms with van der Waals surface area (Å²) in [7, 11) is 0. The van der Waals surface area contributed by atoms with E-state index in [9.17, 15) is 0 Å². The zero-order chi connectivity index (χ0) is 38.2. The van der Waals surface area contributed by atoms with Gasteiger partial charge in [0.05, 0.1) is 22.4 Å². The van der Waals surface area contributed by atoms with Crippen LogP contribution in [-0.2, 0) is 0 Å². The van der Waals surface area contributed by atoms with Crippen LogP contribution in [0.1, 0.15) is 0 Å². The lowest BCUT2D eigenvalue weighted by Gasteiger charge is -2.28. The summed E-state index contributed by atoms with van der Waals surface area (Å²) in [6, 6.07) is 74.4. The molecule has 0 saturated carbocycles. The Morgan fingerprint density at radius 1 is 0.414 bits per heavy atom. The van der Waals surface area contributed by atoms with Crippen molar-refractivity contribution in [2.75, 3.05) is 4.90 Å². The lowest BCUT2D eigenvalue weighted by molar-refractivity contribution is 0.476. The number of thiophene rings is 1. The zero-order valence-electron chi connectivity index (χ0n) is 31.3. The number of nitrogens with zero attached hydrogens (tertiary/aromatic N) is 2. The summed E-state index contributed by atoms with van der Waals surface area (Å²) in [5, 5.41) is 5.03. The van der Waals surface area contributed by atoms with E-state index in [0.29, 0.717) is 0 Å². The van der Waals surface area contributed by atoms with Crippen molar-refractivity contribution in [3.8, 4) is 50.6 Å². The van der Waals surface area contributed by atoms with Crippen molar-refractivity contribution in [2.45, 2.75) is 0 Å². The smallest absolute Gasteiger partial charge is 0.152 e. The van der Waals surface area contributed by atoms with Crippen LogP contribution < -0.4 is 9.64 Å². The normalized spacial score (nSPS) is 11.9. The lowest BCUT2D eigenvalue weighted by atomic mass is 9.99. The standard InChI is InChI=1S/C54H34N2OS/c1-2-12-36(13-3-1)41-14-4-6-19-47(41)55(40-31-26-37(27-32-40)42-16-10-18-45-43-15-5-9-23-52(43)58-54(42)45)39-29-24-35(25-30-39)38-28-33-48-46(34-38)44-17-11-22-51-53(44)56(48)49-20-7-8-21-50(49)57-51/h1-34H. The molecule has 3 heterocycles. The maximum absolute atomic E-state index is 6.37. The van der Waals surface area contributed by atoms with E-state index >= 15 is 0 Å². The molecule has 4 heteroatoms. The predicted molar refractivity (Wildman–Crippen MR) is 245 cm³/mol. The number of ether oxygens (including phenoxy) is 1. The van der Waals surface area contributed by atoms with Crippen molar-refractivity contribution in [3.05, 3.63) is 206 Å². The topological polar surface area (TPSA) is 17.4 Å². The summed E-state index contributed by atoms with van der Waals surface area (Å²) in [5.41, 5.74) is 13.8. The van der Waals surface area contributed by atoms with Crippen LogP contribution in [0.4, 0.5) is 17.1 Å². The van der Waals surface area contributed by atoms with E-state index in [4.69, 9.17) is 4.74 Å². The van der Waals surface area contributed by atoms with Crippen LogP contribution in [-0.4, -0.2) is 4.57 Å². The van der Waals surface area contributed by atoms with Gasteiger partial charge in [-0.2, -0.15) is 0 Å². The fourth-order valence-electron chi connectivity index (χ4n) is 8.92. The Balaban J connectivity index is 0.965. The lowest BCUT2D eigenvalue weighted by Crippen LogP contribution is -2.11. The van der Waals surface area contributed by atoms with E-state index in [1.54, 1.807) is 0 Å². The number of aromatic nitrogens is 1. The molecule has 272 valence electrons. The largest absolute Gasteiger partial charge is 0.453 e. The molecule has 3 nitrogen and oxygen atoms in total. The van der Waals surface area contributed by atoms with Crippen LogP contribution in [0.25, 0.3) is 81.0 Å². The van der Waals surface area contributed by atoms with Crippen LogP contribution in [0.5, 0.6) is 11.5 Å². The molecule has 0 unspecified atom stereocenters. The molecular formula is C54H34N2OS. The van der Waals surface area contributed by atoms with Gasteiger partial charge in [0.15, 0.2) is 11.5 Å². The van der Waals surface area contributed by atoms with Crippen LogP contribution in [0, 0.1) is 0 Å². The van der Waals surface area contributed by atoms with E-state index in [2.05, 4.69) is 204 Å². The number of fused-ring (bicyclic) bond motifs is 8. The highest BCUT2D eigenvalue weighted by Crippen LogP contribution is 2.47. The quantitative estimate of drug-likeness (QED) is 0.168. The van der Waals surface area contributed by atoms with Gasteiger partial charge in [0.25, 0.3) is 0 Å². The number of anilines is 3. The molecular weight excluding hydrogens is 725 g/mol. The summed E-state index contributed by atoms with van der Waals surface area (Å²) in [6.45, 7) is 0. The van der Waals surface area contributed by atoms with Crippen molar-refractivity contribution < 1.29 is 4.74 Å². The number of hydrogen-bond donors (Lipinski definition) is 0.